The topological polar surface area (TPSA) is 32.5 Å². The van der Waals surface area contributed by atoms with Gasteiger partial charge < -0.3 is 10.6 Å². The summed E-state index contributed by atoms with van der Waals surface area (Å²) in [6.45, 7) is 10.1. The highest BCUT2D eigenvalue weighted by molar-refractivity contribution is 4.75. The second kappa shape index (κ2) is 6.46. The molecule has 1 aliphatic rings. The molecule has 3 nitrogen and oxygen atoms in total. The molecule has 0 spiro atoms. The van der Waals surface area contributed by atoms with E-state index in [9.17, 15) is 0 Å². The van der Waals surface area contributed by atoms with Crippen LogP contribution in [0.25, 0.3) is 0 Å². The summed E-state index contributed by atoms with van der Waals surface area (Å²) in [4.78, 5) is 4.97. The van der Waals surface area contributed by atoms with Gasteiger partial charge in [0.1, 0.15) is 0 Å². The van der Waals surface area contributed by atoms with Crippen LogP contribution in [0.2, 0.25) is 0 Å². The molecule has 2 N–H and O–H groups in total. The van der Waals surface area contributed by atoms with E-state index in [2.05, 4.69) is 30.7 Å². The molecule has 0 amide bonds. The molecule has 0 unspecified atom stereocenters. The van der Waals surface area contributed by atoms with Crippen molar-refractivity contribution >= 4 is 0 Å². The molecule has 0 radical (unpaired) electrons. The first-order chi connectivity index (χ1) is 7.13. The van der Waals surface area contributed by atoms with Crippen LogP contribution >= 0.6 is 0 Å². The van der Waals surface area contributed by atoms with Crippen molar-refractivity contribution in [1.82, 2.24) is 9.80 Å². The standard InChI is InChI=1S/C12H27N3/c1-11(2)15(8-6-13)10-12-5-4-7-14(3)9-12/h11-12H,4-10,13H2,1-3H3/t12-/m0/s1. The maximum absolute atomic E-state index is 5.65. The lowest BCUT2D eigenvalue weighted by Crippen LogP contribution is -2.43. The predicted molar refractivity (Wildman–Crippen MR) is 66.0 cm³/mol. The van der Waals surface area contributed by atoms with Gasteiger partial charge in [0.15, 0.2) is 0 Å². The molecule has 0 aromatic carbocycles. The minimum absolute atomic E-state index is 0.626. The van der Waals surface area contributed by atoms with Gasteiger partial charge >= 0.3 is 0 Å². The van der Waals surface area contributed by atoms with E-state index in [4.69, 9.17) is 5.73 Å². The van der Waals surface area contributed by atoms with E-state index >= 15 is 0 Å². The molecule has 0 aromatic rings. The monoisotopic (exact) mass is 213 g/mol. The Morgan fingerprint density at radius 3 is 2.73 bits per heavy atom. The lowest BCUT2D eigenvalue weighted by Gasteiger charge is -2.35. The summed E-state index contributed by atoms with van der Waals surface area (Å²) in [5.41, 5.74) is 5.65. The summed E-state index contributed by atoms with van der Waals surface area (Å²) in [6.07, 6.45) is 2.74. The highest BCUT2D eigenvalue weighted by Gasteiger charge is 2.20. The van der Waals surface area contributed by atoms with Gasteiger partial charge in [0.2, 0.25) is 0 Å². The molecule has 90 valence electrons. The van der Waals surface area contributed by atoms with E-state index in [0.717, 1.165) is 19.0 Å². The highest BCUT2D eigenvalue weighted by Crippen LogP contribution is 2.17. The van der Waals surface area contributed by atoms with Gasteiger partial charge in [-0.3, -0.25) is 4.90 Å². The molecule has 1 atom stereocenters. The molecule has 15 heavy (non-hydrogen) atoms. The molecule has 3 heteroatoms. The van der Waals surface area contributed by atoms with E-state index in [-0.39, 0.29) is 0 Å². The van der Waals surface area contributed by atoms with Gasteiger partial charge in [-0.1, -0.05) is 0 Å². The molecule has 0 saturated carbocycles. The van der Waals surface area contributed by atoms with E-state index in [0.29, 0.717) is 6.04 Å². The normalized spacial score (nSPS) is 24.0. The van der Waals surface area contributed by atoms with Crippen LogP contribution in [-0.2, 0) is 0 Å². The van der Waals surface area contributed by atoms with Gasteiger partial charge in [-0.15, -0.1) is 0 Å². The molecule has 0 aliphatic carbocycles. The molecular weight excluding hydrogens is 186 g/mol. The largest absolute Gasteiger partial charge is 0.329 e. The van der Waals surface area contributed by atoms with Crippen LogP contribution in [0.15, 0.2) is 0 Å². The third-order valence-corrected chi connectivity index (χ3v) is 3.36. The lowest BCUT2D eigenvalue weighted by atomic mass is 9.97. The number of nitrogens with zero attached hydrogens (tertiary/aromatic N) is 2. The maximum Gasteiger partial charge on any atom is 0.0107 e. The van der Waals surface area contributed by atoms with Gasteiger partial charge in [-0.25, -0.2) is 0 Å². The van der Waals surface area contributed by atoms with Crippen LogP contribution in [0.1, 0.15) is 26.7 Å². The maximum atomic E-state index is 5.65. The van der Waals surface area contributed by atoms with Gasteiger partial charge in [0.05, 0.1) is 0 Å². The molecule has 1 fully saturated rings. The SMILES string of the molecule is CC(C)N(CCN)C[C@H]1CCCN(C)C1. The van der Waals surface area contributed by atoms with Crippen LogP contribution in [0.4, 0.5) is 0 Å². The summed E-state index contributed by atoms with van der Waals surface area (Å²) in [5, 5.41) is 0. The van der Waals surface area contributed by atoms with Crippen LogP contribution in [-0.4, -0.2) is 55.6 Å². The Morgan fingerprint density at radius 1 is 1.47 bits per heavy atom. The van der Waals surface area contributed by atoms with Crippen molar-refractivity contribution in [3.63, 3.8) is 0 Å². The second-order valence-electron chi connectivity index (χ2n) is 5.15. The molecule has 1 rings (SSSR count). The fourth-order valence-corrected chi connectivity index (χ4v) is 2.48. The fraction of sp³-hybridized carbons (Fsp3) is 1.00. The van der Waals surface area contributed by atoms with Gasteiger partial charge in [0.25, 0.3) is 0 Å². The Morgan fingerprint density at radius 2 is 2.20 bits per heavy atom. The van der Waals surface area contributed by atoms with Crippen molar-refractivity contribution < 1.29 is 0 Å². The zero-order valence-corrected chi connectivity index (χ0v) is 10.6. The average Bonchev–Trinajstić information content (AvgIpc) is 2.17. The summed E-state index contributed by atoms with van der Waals surface area (Å²) in [7, 11) is 2.23. The molecular formula is C12H27N3. The minimum Gasteiger partial charge on any atom is -0.329 e. The number of hydrogen-bond donors (Lipinski definition) is 1. The van der Waals surface area contributed by atoms with Crippen molar-refractivity contribution in [3.8, 4) is 0 Å². The quantitative estimate of drug-likeness (QED) is 0.739. The first-order valence-electron chi connectivity index (χ1n) is 6.26. The van der Waals surface area contributed by atoms with Gasteiger partial charge in [-0.2, -0.15) is 0 Å². The Kier molecular flexibility index (Phi) is 5.58. The van der Waals surface area contributed by atoms with E-state index < -0.39 is 0 Å². The number of likely N-dealkylation sites (tertiary alicyclic amines) is 1. The molecule has 0 aromatic heterocycles. The number of nitrogens with two attached hydrogens (primary N) is 1. The third kappa shape index (κ3) is 4.49. The van der Waals surface area contributed by atoms with Crippen LogP contribution in [0, 0.1) is 5.92 Å². The van der Waals surface area contributed by atoms with Crippen LogP contribution in [0.3, 0.4) is 0 Å². The van der Waals surface area contributed by atoms with Crippen molar-refractivity contribution in [2.45, 2.75) is 32.7 Å². The summed E-state index contributed by atoms with van der Waals surface area (Å²) in [5.74, 6) is 0.845. The van der Waals surface area contributed by atoms with E-state index in [1.807, 2.05) is 0 Å². The number of hydrogen-bond acceptors (Lipinski definition) is 3. The minimum atomic E-state index is 0.626. The Hall–Kier alpha value is -0.120. The summed E-state index contributed by atoms with van der Waals surface area (Å²) in [6, 6.07) is 0.626. The van der Waals surface area contributed by atoms with Crippen LogP contribution < -0.4 is 5.73 Å². The van der Waals surface area contributed by atoms with E-state index in [1.54, 1.807) is 0 Å². The van der Waals surface area contributed by atoms with Crippen LogP contribution in [0.5, 0.6) is 0 Å². The summed E-state index contributed by atoms with van der Waals surface area (Å²) < 4.78 is 0. The zero-order valence-electron chi connectivity index (χ0n) is 10.6. The van der Waals surface area contributed by atoms with Crippen molar-refractivity contribution in [3.05, 3.63) is 0 Å². The average molecular weight is 213 g/mol. The molecule has 1 saturated heterocycles. The lowest BCUT2D eigenvalue weighted by molar-refractivity contribution is 0.134. The summed E-state index contributed by atoms with van der Waals surface area (Å²) >= 11 is 0. The fourth-order valence-electron chi connectivity index (χ4n) is 2.48. The Labute approximate surface area is 94.6 Å². The second-order valence-corrected chi connectivity index (χ2v) is 5.15. The van der Waals surface area contributed by atoms with Crippen molar-refractivity contribution in [1.29, 1.82) is 0 Å². The van der Waals surface area contributed by atoms with Gasteiger partial charge in [-0.05, 0) is 46.2 Å². The highest BCUT2D eigenvalue weighted by atomic mass is 15.2. The Balaban J connectivity index is 2.35. The zero-order chi connectivity index (χ0) is 11.3. The molecule has 1 aliphatic heterocycles. The first kappa shape index (κ1) is 12.9. The number of rotatable bonds is 5. The Bertz CT molecular complexity index is 170. The van der Waals surface area contributed by atoms with Crippen molar-refractivity contribution in [2.24, 2.45) is 11.7 Å². The van der Waals surface area contributed by atoms with Crippen molar-refractivity contribution in [2.75, 3.05) is 39.8 Å². The molecule has 1 heterocycles. The first-order valence-corrected chi connectivity index (χ1v) is 6.26. The number of piperidine rings is 1. The smallest absolute Gasteiger partial charge is 0.0107 e. The van der Waals surface area contributed by atoms with E-state index in [1.165, 1.54) is 32.5 Å². The predicted octanol–water partition coefficient (Wildman–Crippen LogP) is 0.997. The third-order valence-electron chi connectivity index (χ3n) is 3.36. The van der Waals surface area contributed by atoms with Gasteiger partial charge in [0, 0.05) is 32.2 Å². The molecule has 0 bridgehead atoms.